The van der Waals surface area contributed by atoms with Crippen molar-refractivity contribution in [3.8, 4) is 22.3 Å². The molecule has 0 amide bonds. The van der Waals surface area contributed by atoms with Gasteiger partial charge < -0.3 is 4.42 Å². The van der Waals surface area contributed by atoms with Crippen molar-refractivity contribution in [3.05, 3.63) is 210 Å². The maximum atomic E-state index is 6.52. The van der Waals surface area contributed by atoms with Gasteiger partial charge >= 0.3 is 0 Å². The zero-order valence-corrected chi connectivity index (χ0v) is 31.4. The monoisotopic (exact) mass is 728 g/mol. The van der Waals surface area contributed by atoms with Crippen LogP contribution >= 0.6 is 0 Å². The predicted octanol–water partition coefficient (Wildman–Crippen LogP) is 14.5. The van der Waals surface area contributed by atoms with Crippen LogP contribution in [0.25, 0.3) is 82.2 Å². The molecule has 0 unspecified atom stereocenters. The lowest BCUT2D eigenvalue weighted by Crippen LogP contribution is -2.06. The summed E-state index contributed by atoms with van der Waals surface area (Å²) in [5.74, 6) is 0.712. The third-order valence-electron chi connectivity index (χ3n) is 11.5. The van der Waals surface area contributed by atoms with Crippen LogP contribution in [0.4, 0.5) is 0 Å². The van der Waals surface area contributed by atoms with Crippen LogP contribution in [-0.2, 0) is 0 Å². The lowest BCUT2D eigenvalue weighted by molar-refractivity contribution is 0.669. The first-order valence-corrected chi connectivity index (χ1v) is 19.5. The largest absolute Gasteiger partial charge is 0.456 e. The Morgan fingerprint density at radius 2 is 1.02 bits per heavy atom. The molecule has 11 rings (SSSR count). The van der Waals surface area contributed by atoms with Crippen LogP contribution in [0.15, 0.2) is 208 Å². The average Bonchev–Trinajstić information content (AvgIpc) is 3.56. The normalized spacial score (nSPS) is 13.4. The topological polar surface area (TPSA) is 37.9 Å². The highest BCUT2D eigenvalue weighted by atomic mass is 16.3. The van der Waals surface area contributed by atoms with E-state index in [1.54, 1.807) is 0 Å². The molecule has 0 atom stereocenters. The summed E-state index contributed by atoms with van der Waals surface area (Å²) in [5, 5.41) is 9.33. The van der Waals surface area contributed by atoms with Crippen molar-refractivity contribution < 1.29 is 4.42 Å². The third kappa shape index (κ3) is 5.75. The van der Waals surface area contributed by atoms with E-state index in [2.05, 4.69) is 195 Å². The molecular weight excluding hydrogens is 693 g/mol. The smallest absolute Gasteiger partial charge is 0.160 e. The molecule has 1 aromatic heterocycles. The Kier molecular flexibility index (Phi) is 7.78. The molecule has 10 aromatic rings. The minimum Gasteiger partial charge on any atom is -0.456 e. The van der Waals surface area contributed by atoms with Gasteiger partial charge in [-0.25, -0.2) is 9.98 Å². The quantitative estimate of drug-likeness (QED) is 0.174. The zero-order chi connectivity index (χ0) is 37.9. The number of fused-ring (bicyclic) bond motifs is 6. The minimum absolute atomic E-state index is 0.700. The third-order valence-corrected chi connectivity index (χ3v) is 11.5. The molecule has 9 aromatic carbocycles. The fraction of sp³-hybridized carbons (Fsp3) is 0.0370. The number of amidine groups is 1. The van der Waals surface area contributed by atoms with Crippen molar-refractivity contribution in [3.63, 3.8) is 0 Å². The van der Waals surface area contributed by atoms with E-state index in [1.165, 1.54) is 32.7 Å². The van der Waals surface area contributed by atoms with Gasteiger partial charge in [-0.1, -0.05) is 152 Å². The molecule has 57 heavy (non-hydrogen) atoms. The minimum atomic E-state index is 0.700. The lowest BCUT2D eigenvalue weighted by Gasteiger charge is -2.14. The molecule has 268 valence electrons. The Bertz CT molecular complexity index is 3330. The maximum absolute atomic E-state index is 6.52. The second-order valence-electron chi connectivity index (χ2n) is 15.0. The van der Waals surface area contributed by atoms with Crippen LogP contribution in [0.2, 0.25) is 0 Å². The highest BCUT2D eigenvalue weighted by molar-refractivity contribution is 6.22. The van der Waals surface area contributed by atoms with E-state index in [4.69, 9.17) is 14.4 Å². The summed E-state index contributed by atoms with van der Waals surface area (Å²) in [5.41, 5.74) is 12.7. The van der Waals surface area contributed by atoms with Crippen LogP contribution in [0, 0.1) is 0 Å². The summed E-state index contributed by atoms with van der Waals surface area (Å²) in [6.07, 6.45) is 0.700. The van der Waals surface area contributed by atoms with Gasteiger partial charge in [0, 0.05) is 28.3 Å². The fourth-order valence-corrected chi connectivity index (χ4v) is 8.62. The standard InChI is InChI=1S/C54H36N2O/c1-34-30-49(37-14-3-2-4-15-37)55-54(56-53(34)42-25-23-36-13-6-8-17-39(36)32-42)47-28-27-45(43-18-9-10-19-44(43)47)46-20-11-21-51-52(46)48-33-41(26-29-50(48)57-51)40-24-22-35-12-5-7-16-38(35)31-40/h2-29,31-33H,30H2,1H3. The molecular formula is C54H36N2O. The van der Waals surface area contributed by atoms with E-state index in [0.717, 1.165) is 77.5 Å². The van der Waals surface area contributed by atoms with Crippen molar-refractivity contribution in [2.75, 3.05) is 0 Å². The molecule has 2 heterocycles. The molecule has 0 fully saturated rings. The summed E-state index contributed by atoms with van der Waals surface area (Å²) in [4.78, 5) is 10.9. The molecule has 1 aliphatic heterocycles. The van der Waals surface area contributed by atoms with Crippen molar-refractivity contribution in [2.45, 2.75) is 13.3 Å². The Morgan fingerprint density at radius 1 is 0.404 bits per heavy atom. The SMILES string of the molecule is CC1=C(c2ccc3ccccc3c2)N=C(c2ccc(-c3cccc4oc5ccc(-c6ccc7ccccc7c6)cc5c34)c3ccccc23)N=C(c2ccccc2)C1. The number of hydrogen-bond acceptors (Lipinski definition) is 3. The molecule has 0 N–H and O–H groups in total. The Labute approximate surface area is 330 Å². The second-order valence-corrected chi connectivity index (χ2v) is 15.0. The summed E-state index contributed by atoms with van der Waals surface area (Å²) < 4.78 is 6.52. The van der Waals surface area contributed by atoms with E-state index < -0.39 is 0 Å². The van der Waals surface area contributed by atoms with Crippen LogP contribution in [-0.4, -0.2) is 11.5 Å². The van der Waals surface area contributed by atoms with Crippen molar-refractivity contribution in [2.24, 2.45) is 9.98 Å². The number of rotatable bonds is 5. The molecule has 0 aliphatic carbocycles. The van der Waals surface area contributed by atoms with E-state index >= 15 is 0 Å². The average molecular weight is 729 g/mol. The van der Waals surface area contributed by atoms with Crippen LogP contribution in [0.3, 0.4) is 0 Å². The molecule has 0 radical (unpaired) electrons. The van der Waals surface area contributed by atoms with Gasteiger partial charge in [0.1, 0.15) is 11.2 Å². The molecule has 0 saturated carbocycles. The summed E-state index contributed by atoms with van der Waals surface area (Å²) in [6.45, 7) is 2.19. The van der Waals surface area contributed by atoms with E-state index in [0.29, 0.717) is 12.3 Å². The van der Waals surface area contributed by atoms with Gasteiger partial charge in [0.15, 0.2) is 5.84 Å². The van der Waals surface area contributed by atoms with Gasteiger partial charge in [0.05, 0.1) is 11.4 Å². The number of benzene rings is 9. The number of aliphatic imine (C=N–C) groups is 2. The molecule has 0 saturated heterocycles. The van der Waals surface area contributed by atoms with E-state index in [9.17, 15) is 0 Å². The van der Waals surface area contributed by atoms with Crippen molar-refractivity contribution in [1.29, 1.82) is 0 Å². The van der Waals surface area contributed by atoms with Gasteiger partial charge in [0.2, 0.25) is 0 Å². The van der Waals surface area contributed by atoms with Gasteiger partial charge in [-0.05, 0) is 109 Å². The Morgan fingerprint density at radius 3 is 1.79 bits per heavy atom. The van der Waals surface area contributed by atoms with Gasteiger partial charge in [-0.2, -0.15) is 0 Å². The number of hydrogen-bond donors (Lipinski definition) is 0. The molecule has 3 heteroatoms. The summed E-state index contributed by atoms with van der Waals surface area (Å²) in [7, 11) is 0. The first-order chi connectivity index (χ1) is 28.1. The highest BCUT2D eigenvalue weighted by Gasteiger charge is 2.21. The molecule has 0 bridgehead atoms. The molecule has 3 nitrogen and oxygen atoms in total. The van der Waals surface area contributed by atoms with Gasteiger partial charge in [0.25, 0.3) is 0 Å². The predicted molar refractivity (Wildman–Crippen MR) is 240 cm³/mol. The van der Waals surface area contributed by atoms with Crippen LogP contribution in [0.1, 0.15) is 30.0 Å². The number of nitrogens with zero attached hydrogens (tertiary/aromatic N) is 2. The van der Waals surface area contributed by atoms with Crippen LogP contribution in [0.5, 0.6) is 0 Å². The first-order valence-electron chi connectivity index (χ1n) is 19.5. The van der Waals surface area contributed by atoms with Crippen molar-refractivity contribution >= 4 is 71.5 Å². The number of allylic oxidation sites excluding steroid dienone is 1. The Balaban J connectivity index is 1.09. The summed E-state index contributed by atoms with van der Waals surface area (Å²) in [6, 6.07) is 66.9. The number of furan rings is 1. The lowest BCUT2D eigenvalue weighted by atomic mass is 9.91. The first kappa shape index (κ1) is 33.0. The summed E-state index contributed by atoms with van der Waals surface area (Å²) >= 11 is 0. The molecule has 0 spiro atoms. The van der Waals surface area contributed by atoms with E-state index in [1.807, 2.05) is 0 Å². The van der Waals surface area contributed by atoms with Gasteiger partial charge in [-0.15, -0.1) is 0 Å². The fourth-order valence-electron chi connectivity index (χ4n) is 8.62. The van der Waals surface area contributed by atoms with Crippen molar-refractivity contribution in [1.82, 2.24) is 0 Å². The highest BCUT2D eigenvalue weighted by Crippen LogP contribution is 2.42. The molecule has 1 aliphatic rings. The van der Waals surface area contributed by atoms with Crippen LogP contribution < -0.4 is 0 Å². The van der Waals surface area contributed by atoms with Gasteiger partial charge in [-0.3, -0.25) is 0 Å². The Hall–Kier alpha value is -7.36. The zero-order valence-electron chi connectivity index (χ0n) is 31.4. The second kappa shape index (κ2) is 13.4. The van der Waals surface area contributed by atoms with E-state index in [-0.39, 0.29) is 0 Å². The maximum Gasteiger partial charge on any atom is 0.160 e.